The van der Waals surface area contributed by atoms with E-state index in [0.717, 1.165) is 19.4 Å². The van der Waals surface area contributed by atoms with Gasteiger partial charge in [0.25, 0.3) is 0 Å². The Morgan fingerprint density at radius 1 is 1.42 bits per heavy atom. The van der Waals surface area contributed by atoms with E-state index >= 15 is 0 Å². The van der Waals surface area contributed by atoms with E-state index in [0.29, 0.717) is 30.0 Å². The number of benzene rings is 1. The SMILES string of the molecule is CCCC1CC(=O)N(Cc2cccc(CN)c2F)C1. The third-order valence-electron chi connectivity index (χ3n) is 3.73. The van der Waals surface area contributed by atoms with E-state index in [1.54, 1.807) is 23.1 Å². The van der Waals surface area contributed by atoms with E-state index in [2.05, 4.69) is 6.92 Å². The number of carbonyl (C=O) groups excluding carboxylic acids is 1. The molecule has 4 heteroatoms. The number of halogens is 1. The molecule has 1 saturated heterocycles. The summed E-state index contributed by atoms with van der Waals surface area (Å²) < 4.78 is 14.1. The van der Waals surface area contributed by atoms with Crippen LogP contribution >= 0.6 is 0 Å². The third kappa shape index (κ3) is 3.13. The Balaban J connectivity index is 2.07. The fraction of sp³-hybridized carbons (Fsp3) is 0.533. The first-order valence-electron chi connectivity index (χ1n) is 6.89. The van der Waals surface area contributed by atoms with Crippen LogP contribution in [-0.4, -0.2) is 17.4 Å². The summed E-state index contributed by atoms with van der Waals surface area (Å²) in [5.74, 6) is 0.297. The summed E-state index contributed by atoms with van der Waals surface area (Å²) in [4.78, 5) is 13.7. The average molecular weight is 264 g/mol. The molecule has 0 bridgehead atoms. The first-order chi connectivity index (χ1) is 9.15. The van der Waals surface area contributed by atoms with Crippen molar-refractivity contribution in [3.05, 3.63) is 35.1 Å². The Morgan fingerprint density at radius 2 is 2.16 bits per heavy atom. The van der Waals surface area contributed by atoms with Crippen LogP contribution in [0.5, 0.6) is 0 Å². The molecule has 1 aromatic rings. The molecule has 3 nitrogen and oxygen atoms in total. The lowest BCUT2D eigenvalue weighted by molar-refractivity contribution is -0.128. The zero-order valence-corrected chi connectivity index (χ0v) is 11.4. The van der Waals surface area contributed by atoms with Crippen molar-refractivity contribution in [1.82, 2.24) is 4.90 Å². The molecule has 1 fully saturated rings. The highest BCUT2D eigenvalue weighted by atomic mass is 19.1. The molecule has 1 atom stereocenters. The predicted octanol–water partition coefficient (Wildman–Crippen LogP) is 2.43. The molecule has 1 aliphatic heterocycles. The van der Waals surface area contributed by atoms with Crippen LogP contribution < -0.4 is 5.73 Å². The molecule has 1 unspecified atom stereocenters. The fourth-order valence-corrected chi connectivity index (χ4v) is 2.73. The van der Waals surface area contributed by atoms with Crippen molar-refractivity contribution in [3.63, 3.8) is 0 Å². The Bertz CT molecular complexity index is 461. The summed E-state index contributed by atoms with van der Waals surface area (Å²) in [5.41, 5.74) is 6.57. The maximum absolute atomic E-state index is 14.1. The number of carbonyl (C=O) groups is 1. The van der Waals surface area contributed by atoms with Crippen LogP contribution in [0.1, 0.15) is 37.3 Å². The van der Waals surface area contributed by atoms with Gasteiger partial charge >= 0.3 is 0 Å². The Morgan fingerprint density at radius 3 is 2.84 bits per heavy atom. The highest BCUT2D eigenvalue weighted by Gasteiger charge is 2.29. The minimum absolute atomic E-state index is 0.135. The molecule has 104 valence electrons. The van der Waals surface area contributed by atoms with Gasteiger partial charge in [0.05, 0.1) is 0 Å². The Labute approximate surface area is 113 Å². The molecule has 0 aromatic heterocycles. The van der Waals surface area contributed by atoms with Crippen LogP contribution in [0, 0.1) is 11.7 Å². The molecule has 1 aromatic carbocycles. The van der Waals surface area contributed by atoms with Gasteiger partial charge in [0.1, 0.15) is 5.82 Å². The average Bonchev–Trinajstić information content (AvgIpc) is 2.73. The molecule has 0 saturated carbocycles. The fourth-order valence-electron chi connectivity index (χ4n) is 2.73. The van der Waals surface area contributed by atoms with Crippen LogP contribution in [0.15, 0.2) is 18.2 Å². The van der Waals surface area contributed by atoms with Crippen LogP contribution in [0.3, 0.4) is 0 Å². The van der Waals surface area contributed by atoms with Crippen molar-refractivity contribution in [2.75, 3.05) is 6.54 Å². The van der Waals surface area contributed by atoms with Crippen molar-refractivity contribution in [2.45, 2.75) is 39.3 Å². The second-order valence-electron chi connectivity index (χ2n) is 5.23. The number of rotatable bonds is 5. The van der Waals surface area contributed by atoms with E-state index in [1.807, 2.05) is 0 Å². The van der Waals surface area contributed by atoms with Gasteiger partial charge in [-0.3, -0.25) is 4.79 Å². The van der Waals surface area contributed by atoms with E-state index < -0.39 is 0 Å². The van der Waals surface area contributed by atoms with Crippen molar-refractivity contribution >= 4 is 5.91 Å². The van der Waals surface area contributed by atoms with Crippen LogP contribution in [0.4, 0.5) is 4.39 Å². The Kier molecular flexibility index (Phi) is 4.53. The van der Waals surface area contributed by atoms with Crippen LogP contribution in [0.25, 0.3) is 0 Å². The zero-order valence-electron chi connectivity index (χ0n) is 11.4. The van der Waals surface area contributed by atoms with Crippen molar-refractivity contribution < 1.29 is 9.18 Å². The minimum atomic E-state index is -0.267. The van der Waals surface area contributed by atoms with Crippen molar-refractivity contribution in [3.8, 4) is 0 Å². The molecular weight excluding hydrogens is 243 g/mol. The lowest BCUT2D eigenvalue weighted by atomic mass is 10.0. The second kappa shape index (κ2) is 6.15. The zero-order chi connectivity index (χ0) is 13.8. The standard InChI is InChI=1S/C15H21FN2O/c1-2-4-11-7-14(19)18(9-11)10-13-6-3-5-12(8-17)15(13)16/h3,5-6,11H,2,4,7-10,17H2,1H3. The van der Waals surface area contributed by atoms with Crippen molar-refractivity contribution in [1.29, 1.82) is 0 Å². The number of hydrogen-bond donors (Lipinski definition) is 1. The lowest BCUT2D eigenvalue weighted by Crippen LogP contribution is -2.25. The molecule has 0 spiro atoms. The lowest BCUT2D eigenvalue weighted by Gasteiger charge is -2.18. The summed E-state index contributed by atoms with van der Waals surface area (Å²) in [6.07, 6.45) is 2.75. The molecule has 2 rings (SSSR count). The van der Waals surface area contributed by atoms with E-state index in [-0.39, 0.29) is 18.3 Å². The quantitative estimate of drug-likeness (QED) is 0.888. The molecular formula is C15H21FN2O. The summed E-state index contributed by atoms with van der Waals surface area (Å²) in [7, 11) is 0. The number of nitrogens with two attached hydrogens (primary N) is 1. The van der Waals surface area contributed by atoms with E-state index in [9.17, 15) is 9.18 Å². The number of hydrogen-bond acceptors (Lipinski definition) is 2. The number of nitrogens with zero attached hydrogens (tertiary/aromatic N) is 1. The molecule has 0 radical (unpaired) electrons. The number of amides is 1. The molecule has 0 aliphatic carbocycles. The van der Waals surface area contributed by atoms with E-state index in [4.69, 9.17) is 5.73 Å². The monoisotopic (exact) mass is 264 g/mol. The van der Waals surface area contributed by atoms with Gasteiger partial charge < -0.3 is 10.6 Å². The highest BCUT2D eigenvalue weighted by molar-refractivity contribution is 5.78. The van der Waals surface area contributed by atoms with Gasteiger partial charge in [0, 0.05) is 37.2 Å². The highest BCUT2D eigenvalue weighted by Crippen LogP contribution is 2.25. The maximum atomic E-state index is 14.1. The summed E-state index contributed by atoms with van der Waals surface area (Å²) in [5, 5.41) is 0. The predicted molar refractivity (Wildman–Crippen MR) is 72.7 cm³/mol. The second-order valence-corrected chi connectivity index (χ2v) is 5.23. The molecule has 19 heavy (non-hydrogen) atoms. The largest absolute Gasteiger partial charge is 0.338 e. The maximum Gasteiger partial charge on any atom is 0.223 e. The smallest absolute Gasteiger partial charge is 0.223 e. The summed E-state index contributed by atoms with van der Waals surface area (Å²) >= 11 is 0. The number of likely N-dealkylation sites (tertiary alicyclic amines) is 1. The van der Waals surface area contributed by atoms with Crippen molar-refractivity contribution in [2.24, 2.45) is 11.7 Å². The van der Waals surface area contributed by atoms with Gasteiger partial charge in [0.2, 0.25) is 5.91 Å². The van der Waals surface area contributed by atoms with E-state index in [1.165, 1.54) is 0 Å². The first-order valence-corrected chi connectivity index (χ1v) is 6.89. The van der Waals surface area contributed by atoms with Gasteiger partial charge in [0.15, 0.2) is 0 Å². The van der Waals surface area contributed by atoms with Gasteiger partial charge in [-0.2, -0.15) is 0 Å². The Hall–Kier alpha value is -1.42. The van der Waals surface area contributed by atoms with Gasteiger partial charge in [-0.05, 0) is 12.3 Å². The minimum Gasteiger partial charge on any atom is -0.338 e. The first kappa shape index (κ1) is 14.0. The van der Waals surface area contributed by atoms with Gasteiger partial charge in [-0.25, -0.2) is 4.39 Å². The normalized spacial score (nSPS) is 19.2. The molecule has 1 amide bonds. The molecule has 1 aliphatic rings. The summed E-state index contributed by atoms with van der Waals surface area (Å²) in [6, 6.07) is 5.21. The topological polar surface area (TPSA) is 46.3 Å². The van der Waals surface area contributed by atoms with Crippen LogP contribution in [-0.2, 0) is 17.9 Å². The molecule has 2 N–H and O–H groups in total. The molecule has 1 heterocycles. The van der Waals surface area contributed by atoms with Gasteiger partial charge in [-0.1, -0.05) is 31.5 Å². The summed E-state index contributed by atoms with van der Waals surface area (Å²) in [6.45, 7) is 3.42. The van der Waals surface area contributed by atoms with Crippen LogP contribution in [0.2, 0.25) is 0 Å². The van der Waals surface area contributed by atoms with Gasteiger partial charge in [-0.15, -0.1) is 0 Å². The third-order valence-corrected chi connectivity index (χ3v) is 3.73.